The molecule has 1 atom stereocenters. The molecule has 0 saturated heterocycles. The van der Waals surface area contributed by atoms with Gasteiger partial charge < -0.3 is 19.7 Å². The topological polar surface area (TPSA) is 105 Å². The molecule has 4 rings (SSSR count). The molecule has 2 aromatic carbocycles. The van der Waals surface area contributed by atoms with Crippen molar-refractivity contribution in [1.82, 2.24) is 10.2 Å². The molecule has 1 N–H and O–H groups in total. The minimum absolute atomic E-state index is 0.0576. The molecule has 1 aliphatic carbocycles. The number of anilines is 1. The maximum atomic E-state index is 13.5. The molecule has 1 aliphatic heterocycles. The van der Waals surface area contributed by atoms with Crippen LogP contribution < -0.4 is 19.1 Å². The molecular weight excluding hydrogens is 530 g/mol. The van der Waals surface area contributed by atoms with Crippen molar-refractivity contribution in [2.24, 2.45) is 0 Å². The Hall–Kier alpha value is -2.98. The fourth-order valence-corrected chi connectivity index (χ4v) is 5.98. The average molecular weight is 564 g/mol. The van der Waals surface area contributed by atoms with Crippen molar-refractivity contribution in [3.8, 4) is 11.5 Å². The molecule has 0 bridgehead atoms. The fraction of sp³-hybridized carbons (Fsp3) is 0.481. The second-order valence-corrected chi connectivity index (χ2v) is 12.1. The lowest BCUT2D eigenvalue weighted by molar-refractivity contribution is -0.140. The molecule has 0 radical (unpaired) electrons. The summed E-state index contributed by atoms with van der Waals surface area (Å²) < 4.78 is 37.1. The first kappa shape index (κ1) is 28.0. The molecular formula is C27H34ClN3O6S. The number of hydrogen-bond donors (Lipinski definition) is 1. The Morgan fingerprint density at radius 1 is 1.11 bits per heavy atom. The van der Waals surface area contributed by atoms with Gasteiger partial charge in [0.15, 0.2) is 11.5 Å². The van der Waals surface area contributed by atoms with Crippen molar-refractivity contribution < 1.29 is 27.5 Å². The lowest BCUT2D eigenvalue weighted by Crippen LogP contribution is -2.49. The summed E-state index contributed by atoms with van der Waals surface area (Å²) in [4.78, 5) is 28.0. The lowest BCUT2D eigenvalue weighted by atomic mass is 10.1. The van der Waals surface area contributed by atoms with E-state index in [2.05, 4.69) is 5.32 Å². The SMILES string of the molecule is C[C@H](C(=O)NC1CCCC1)N(Cc1ccccc1Cl)C(=O)CCCN(c1ccc2c(c1)OCO2)S(C)(=O)=O. The number of nitrogens with one attached hydrogen (secondary N) is 1. The van der Waals surface area contributed by atoms with Gasteiger partial charge in [0.2, 0.25) is 28.6 Å². The number of amides is 2. The summed E-state index contributed by atoms with van der Waals surface area (Å²) in [6.07, 6.45) is 5.50. The van der Waals surface area contributed by atoms with Crippen molar-refractivity contribution in [2.45, 2.75) is 64.1 Å². The van der Waals surface area contributed by atoms with Crippen LogP contribution in [0.3, 0.4) is 0 Å². The van der Waals surface area contributed by atoms with Crippen LogP contribution in [0, 0.1) is 0 Å². The molecule has 0 unspecified atom stereocenters. The van der Waals surface area contributed by atoms with Gasteiger partial charge in [-0.2, -0.15) is 0 Å². The number of benzene rings is 2. The van der Waals surface area contributed by atoms with E-state index in [4.69, 9.17) is 21.1 Å². The predicted octanol–water partition coefficient (Wildman–Crippen LogP) is 4.09. The summed E-state index contributed by atoms with van der Waals surface area (Å²) in [6.45, 7) is 2.07. The van der Waals surface area contributed by atoms with Crippen LogP contribution in [-0.2, 0) is 26.2 Å². The van der Waals surface area contributed by atoms with Crippen molar-refractivity contribution in [3.63, 3.8) is 0 Å². The highest BCUT2D eigenvalue weighted by atomic mass is 35.5. The largest absolute Gasteiger partial charge is 0.454 e. The van der Waals surface area contributed by atoms with Crippen LogP contribution in [-0.4, -0.2) is 56.8 Å². The van der Waals surface area contributed by atoms with Crippen molar-refractivity contribution >= 4 is 39.1 Å². The van der Waals surface area contributed by atoms with Gasteiger partial charge in [0, 0.05) is 36.6 Å². The molecule has 1 saturated carbocycles. The van der Waals surface area contributed by atoms with Crippen molar-refractivity contribution in [3.05, 3.63) is 53.1 Å². The van der Waals surface area contributed by atoms with E-state index in [1.54, 1.807) is 31.2 Å². The van der Waals surface area contributed by atoms with Crippen LogP contribution in [0.5, 0.6) is 11.5 Å². The second kappa shape index (κ2) is 12.3. The third kappa shape index (κ3) is 6.91. The number of carbonyl (C=O) groups is 2. The Morgan fingerprint density at radius 2 is 1.82 bits per heavy atom. The molecule has 0 aromatic heterocycles. The molecule has 206 valence electrons. The third-order valence-corrected chi connectivity index (χ3v) is 8.53. The number of halogens is 1. The summed E-state index contributed by atoms with van der Waals surface area (Å²) in [5.74, 6) is 0.575. The number of hydrogen-bond acceptors (Lipinski definition) is 6. The van der Waals surface area contributed by atoms with Crippen LogP contribution in [0.2, 0.25) is 5.02 Å². The zero-order valence-electron chi connectivity index (χ0n) is 21.7. The Balaban J connectivity index is 1.46. The van der Waals surface area contributed by atoms with Gasteiger partial charge in [0.25, 0.3) is 0 Å². The van der Waals surface area contributed by atoms with Crippen LogP contribution in [0.4, 0.5) is 5.69 Å². The first-order valence-electron chi connectivity index (χ1n) is 12.8. The van der Waals surface area contributed by atoms with Gasteiger partial charge in [-0.3, -0.25) is 13.9 Å². The highest BCUT2D eigenvalue weighted by Gasteiger charge is 2.29. The van der Waals surface area contributed by atoms with Crippen LogP contribution in [0.15, 0.2) is 42.5 Å². The molecule has 0 spiro atoms. The van der Waals surface area contributed by atoms with Gasteiger partial charge >= 0.3 is 0 Å². The highest BCUT2D eigenvalue weighted by Crippen LogP contribution is 2.36. The molecule has 2 amide bonds. The van der Waals surface area contributed by atoms with Crippen LogP contribution in [0.25, 0.3) is 0 Å². The molecule has 2 aromatic rings. The van der Waals surface area contributed by atoms with E-state index in [9.17, 15) is 18.0 Å². The van der Waals surface area contributed by atoms with Gasteiger partial charge in [-0.05, 0) is 49.9 Å². The van der Waals surface area contributed by atoms with E-state index < -0.39 is 16.1 Å². The van der Waals surface area contributed by atoms with Crippen molar-refractivity contribution in [2.75, 3.05) is 23.9 Å². The first-order valence-corrected chi connectivity index (χ1v) is 15.1. The van der Waals surface area contributed by atoms with Crippen molar-refractivity contribution in [1.29, 1.82) is 0 Å². The number of fused-ring (bicyclic) bond motifs is 1. The monoisotopic (exact) mass is 563 g/mol. The molecule has 1 fully saturated rings. The van der Waals surface area contributed by atoms with Gasteiger partial charge in [0.1, 0.15) is 6.04 Å². The number of sulfonamides is 1. The average Bonchev–Trinajstić information content (AvgIpc) is 3.56. The van der Waals surface area contributed by atoms with E-state index >= 15 is 0 Å². The molecule has 11 heteroatoms. The van der Waals surface area contributed by atoms with E-state index in [1.165, 1.54) is 9.21 Å². The summed E-state index contributed by atoms with van der Waals surface area (Å²) >= 11 is 6.37. The zero-order valence-corrected chi connectivity index (χ0v) is 23.3. The second-order valence-electron chi connectivity index (χ2n) is 9.76. The van der Waals surface area contributed by atoms with Crippen LogP contribution >= 0.6 is 11.6 Å². The minimum Gasteiger partial charge on any atom is -0.454 e. The van der Waals surface area contributed by atoms with E-state index in [-0.39, 0.29) is 50.6 Å². The zero-order chi connectivity index (χ0) is 27.3. The predicted molar refractivity (Wildman–Crippen MR) is 146 cm³/mol. The first-order chi connectivity index (χ1) is 18.1. The summed E-state index contributed by atoms with van der Waals surface area (Å²) in [5.41, 5.74) is 1.17. The quantitative estimate of drug-likeness (QED) is 0.441. The number of nitrogens with zero attached hydrogens (tertiary/aromatic N) is 2. The number of carbonyl (C=O) groups excluding carboxylic acids is 2. The third-order valence-electron chi connectivity index (χ3n) is 6.96. The Labute approximate surface area is 229 Å². The smallest absolute Gasteiger partial charge is 0.242 e. The van der Waals surface area contributed by atoms with Gasteiger partial charge in [0.05, 0.1) is 11.9 Å². The van der Waals surface area contributed by atoms with E-state index in [0.29, 0.717) is 22.2 Å². The number of rotatable bonds is 11. The van der Waals surface area contributed by atoms with Crippen LogP contribution in [0.1, 0.15) is 51.0 Å². The van der Waals surface area contributed by atoms with Gasteiger partial charge in [-0.15, -0.1) is 0 Å². The highest BCUT2D eigenvalue weighted by molar-refractivity contribution is 7.92. The molecule has 9 nitrogen and oxygen atoms in total. The summed E-state index contributed by atoms with van der Waals surface area (Å²) in [6, 6.07) is 11.6. The minimum atomic E-state index is -3.62. The lowest BCUT2D eigenvalue weighted by Gasteiger charge is -2.30. The molecule has 2 aliphatic rings. The molecule has 1 heterocycles. The summed E-state index contributed by atoms with van der Waals surface area (Å²) in [7, 11) is -3.62. The van der Waals surface area contributed by atoms with Gasteiger partial charge in [-0.25, -0.2) is 8.42 Å². The van der Waals surface area contributed by atoms with E-state index in [0.717, 1.165) is 37.5 Å². The van der Waals surface area contributed by atoms with E-state index in [1.807, 2.05) is 18.2 Å². The normalized spacial score (nSPS) is 15.8. The summed E-state index contributed by atoms with van der Waals surface area (Å²) in [5, 5.41) is 3.59. The van der Waals surface area contributed by atoms with Gasteiger partial charge in [-0.1, -0.05) is 42.6 Å². The standard InChI is InChI=1S/C27H34ClN3O6S/c1-19(27(33)29-21-9-4-5-10-21)30(17-20-8-3-6-11-23(20)28)26(32)12-7-15-31(38(2,34)35)22-13-14-24-25(16-22)37-18-36-24/h3,6,8,11,13-14,16,19,21H,4-5,7,9-10,12,15,17-18H2,1-2H3,(H,29,33)/t19-/m1/s1. The fourth-order valence-electron chi connectivity index (χ4n) is 4.83. The molecule has 38 heavy (non-hydrogen) atoms. The Kier molecular flexibility index (Phi) is 9.04. The maximum absolute atomic E-state index is 13.5. The Morgan fingerprint density at radius 3 is 2.53 bits per heavy atom. The number of ether oxygens (including phenoxy) is 2. The Bertz CT molecular complexity index is 1270. The maximum Gasteiger partial charge on any atom is 0.242 e.